The lowest BCUT2D eigenvalue weighted by Crippen LogP contribution is -1.85. The molecule has 0 aromatic heterocycles. The largest absolute Gasteiger partial charge is 0.0776 e. The average molecular weight is 172 g/mol. The van der Waals surface area contributed by atoms with Crippen molar-refractivity contribution >= 4 is 0 Å². The lowest BCUT2D eigenvalue weighted by Gasteiger charge is -2.05. The summed E-state index contributed by atoms with van der Waals surface area (Å²) in [4.78, 5) is 0. The van der Waals surface area contributed by atoms with Crippen LogP contribution in [0.15, 0.2) is 0 Å². The molecule has 2 saturated carbocycles. The molecule has 0 amide bonds. The Morgan fingerprint density at radius 3 is 0.667 bits per heavy atom. The molecule has 0 atom stereocenters. The maximum absolute atomic E-state index is 2.12. The van der Waals surface area contributed by atoms with E-state index in [0.29, 0.717) is 0 Å². The van der Waals surface area contributed by atoms with E-state index in [1.165, 1.54) is 57.8 Å². The molecule has 2 rings (SSSR count). The van der Waals surface area contributed by atoms with Gasteiger partial charge in [-0.05, 0) is 0 Å². The minimum absolute atomic E-state index is 0. The van der Waals surface area contributed by atoms with E-state index in [9.17, 15) is 0 Å². The van der Waals surface area contributed by atoms with Crippen molar-refractivity contribution in [2.75, 3.05) is 0 Å². The second kappa shape index (κ2) is 13.6. The minimum atomic E-state index is 0. The summed E-state index contributed by atoms with van der Waals surface area (Å²) >= 11 is 0. The molecule has 0 N–H and O–H groups in total. The van der Waals surface area contributed by atoms with E-state index < -0.39 is 0 Å². The third kappa shape index (κ3) is 12.7. The van der Waals surface area contributed by atoms with Gasteiger partial charge in [0.1, 0.15) is 0 Å². The van der Waals surface area contributed by atoms with Crippen molar-refractivity contribution in [1.82, 2.24) is 0 Å². The Morgan fingerprint density at radius 2 is 0.667 bits per heavy atom. The highest BCUT2D eigenvalue weighted by molar-refractivity contribution is 4.51. The summed E-state index contributed by atoms with van der Waals surface area (Å²) < 4.78 is 0. The Hall–Kier alpha value is 0. The number of rotatable bonds is 0. The van der Waals surface area contributed by atoms with Crippen LogP contribution in [0.3, 0.4) is 0 Å². The maximum Gasteiger partial charge on any atom is -0.0533 e. The van der Waals surface area contributed by atoms with Gasteiger partial charge in [0, 0.05) is 0 Å². The summed E-state index contributed by atoms with van der Waals surface area (Å²) in [5.41, 5.74) is 0. The third-order valence-electron chi connectivity index (χ3n) is 2.00. The molecule has 0 aliphatic heterocycles. The molecular weight excluding hydrogens is 144 g/mol. The summed E-state index contributed by atoms with van der Waals surface area (Å²) in [6.07, 6.45) is 13.2. The van der Waals surface area contributed by atoms with E-state index in [-0.39, 0.29) is 7.43 Å². The van der Waals surface area contributed by atoms with E-state index in [2.05, 4.69) is 13.8 Å². The minimum Gasteiger partial charge on any atom is -0.0776 e. The Kier molecular flexibility index (Phi) is 16.4. The molecule has 0 aromatic carbocycles. The highest BCUT2D eigenvalue weighted by atomic mass is 14.0. The van der Waals surface area contributed by atoms with Gasteiger partial charge in [-0.2, -0.15) is 0 Å². The highest BCUT2D eigenvalue weighted by Crippen LogP contribution is 2.15. The van der Waals surface area contributed by atoms with E-state index in [1.54, 1.807) is 0 Å². The van der Waals surface area contributed by atoms with Gasteiger partial charge in [0.25, 0.3) is 0 Å². The smallest absolute Gasteiger partial charge is 0.0533 e. The van der Waals surface area contributed by atoms with Gasteiger partial charge in [-0.3, -0.25) is 0 Å². The summed E-state index contributed by atoms with van der Waals surface area (Å²) in [5.74, 6) is 0. The molecule has 76 valence electrons. The highest BCUT2D eigenvalue weighted by Gasteiger charge is 1.95. The average Bonchev–Trinajstić information content (AvgIpc) is 1.52. The lowest BCUT2D eigenvalue weighted by molar-refractivity contribution is 0.504. The monoisotopic (exact) mass is 172 g/mol. The SMILES string of the molecule is C.C1CCC1.C1CCC1.CCC. The van der Waals surface area contributed by atoms with Crippen molar-refractivity contribution in [3.8, 4) is 0 Å². The zero-order valence-corrected chi connectivity index (χ0v) is 8.36. The van der Waals surface area contributed by atoms with Crippen LogP contribution in [0.25, 0.3) is 0 Å². The predicted octanol–water partition coefficient (Wildman–Crippen LogP) is 5.17. The summed E-state index contributed by atoms with van der Waals surface area (Å²) in [6.45, 7) is 4.25. The second-order valence-electron chi connectivity index (χ2n) is 3.54. The van der Waals surface area contributed by atoms with Crippen molar-refractivity contribution in [3.63, 3.8) is 0 Å². The van der Waals surface area contributed by atoms with E-state index in [1.807, 2.05) is 0 Å². The van der Waals surface area contributed by atoms with Gasteiger partial charge in [-0.15, -0.1) is 0 Å². The quantitative estimate of drug-likeness (QED) is 0.472. The molecule has 0 heterocycles. The number of hydrogen-bond donors (Lipinski definition) is 0. The van der Waals surface area contributed by atoms with Gasteiger partial charge >= 0.3 is 0 Å². The van der Waals surface area contributed by atoms with Crippen LogP contribution >= 0.6 is 0 Å². The molecular formula is C12H28. The summed E-state index contributed by atoms with van der Waals surface area (Å²) in [5, 5.41) is 0. The van der Waals surface area contributed by atoms with Crippen LogP contribution in [0, 0.1) is 0 Å². The van der Waals surface area contributed by atoms with Crippen molar-refractivity contribution in [3.05, 3.63) is 0 Å². The van der Waals surface area contributed by atoms with Gasteiger partial charge in [0.15, 0.2) is 0 Å². The predicted molar refractivity (Wildman–Crippen MR) is 59.6 cm³/mol. The summed E-state index contributed by atoms with van der Waals surface area (Å²) in [7, 11) is 0. The lowest BCUT2D eigenvalue weighted by atomic mass is 10.0. The second-order valence-corrected chi connectivity index (χ2v) is 3.54. The Balaban J connectivity index is 0. The van der Waals surface area contributed by atoms with Crippen molar-refractivity contribution in [2.24, 2.45) is 0 Å². The third-order valence-corrected chi connectivity index (χ3v) is 2.00. The van der Waals surface area contributed by atoms with E-state index >= 15 is 0 Å². The molecule has 2 aliphatic rings. The fourth-order valence-corrected chi connectivity index (χ4v) is 0.500. The molecule has 0 unspecified atom stereocenters. The molecule has 0 aromatic rings. The van der Waals surface area contributed by atoms with Gasteiger partial charge in [-0.1, -0.05) is 79.1 Å². The number of hydrogen-bond acceptors (Lipinski definition) is 0. The fraction of sp³-hybridized carbons (Fsp3) is 1.00. The van der Waals surface area contributed by atoms with Crippen LogP contribution in [0.1, 0.15) is 79.1 Å². The van der Waals surface area contributed by atoms with Crippen molar-refractivity contribution in [1.29, 1.82) is 0 Å². The Labute approximate surface area is 79.8 Å². The van der Waals surface area contributed by atoms with Crippen LogP contribution < -0.4 is 0 Å². The van der Waals surface area contributed by atoms with Gasteiger partial charge in [-0.25, -0.2) is 0 Å². The maximum atomic E-state index is 2.12. The molecule has 0 heteroatoms. The first kappa shape index (κ1) is 14.5. The topological polar surface area (TPSA) is 0 Å². The standard InChI is InChI=1S/2C4H8.C3H8.CH4/c2*1-2-4-3-1;1-3-2;/h2*1-4H2;3H2,1-2H3;1H4. The van der Waals surface area contributed by atoms with Gasteiger partial charge < -0.3 is 0 Å². The summed E-state index contributed by atoms with van der Waals surface area (Å²) in [6, 6.07) is 0. The molecule has 12 heavy (non-hydrogen) atoms. The van der Waals surface area contributed by atoms with Gasteiger partial charge in [0.05, 0.1) is 0 Å². The fourth-order valence-electron chi connectivity index (χ4n) is 0.500. The van der Waals surface area contributed by atoms with Crippen LogP contribution in [0.4, 0.5) is 0 Å². The molecule has 0 saturated heterocycles. The Morgan fingerprint density at radius 1 is 0.583 bits per heavy atom. The first-order valence-electron chi connectivity index (χ1n) is 5.41. The zero-order valence-electron chi connectivity index (χ0n) is 8.36. The molecule has 0 spiro atoms. The van der Waals surface area contributed by atoms with Crippen LogP contribution in [-0.4, -0.2) is 0 Å². The first-order valence-corrected chi connectivity index (χ1v) is 5.41. The molecule has 2 aliphatic carbocycles. The normalized spacial score (nSPS) is 17.5. The molecule has 0 nitrogen and oxygen atoms in total. The van der Waals surface area contributed by atoms with Crippen LogP contribution in [0.5, 0.6) is 0 Å². The first-order chi connectivity index (χ1) is 5.41. The van der Waals surface area contributed by atoms with E-state index in [0.717, 1.165) is 0 Å². The zero-order chi connectivity index (χ0) is 8.36. The Bertz CT molecular complexity index is 33.1. The van der Waals surface area contributed by atoms with Crippen LogP contribution in [0.2, 0.25) is 0 Å². The molecule has 0 radical (unpaired) electrons. The van der Waals surface area contributed by atoms with Crippen molar-refractivity contribution < 1.29 is 0 Å². The van der Waals surface area contributed by atoms with E-state index in [4.69, 9.17) is 0 Å². The molecule has 2 fully saturated rings. The molecule has 0 bridgehead atoms. The van der Waals surface area contributed by atoms with Gasteiger partial charge in [0.2, 0.25) is 0 Å². The van der Waals surface area contributed by atoms with Crippen molar-refractivity contribution in [2.45, 2.75) is 79.1 Å². The van der Waals surface area contributed by atoms with Crippen LogP contribution in [-0.2, 0) is 0 Å².